The number of carbonyl (C=O) groups excluding carboxylic acids is 1. The van der Waals surface area contributed by atoms with E-state index < -0.39 is 0 Å². The van der Waals surface area contributed by atoms with E-state index in [-0.39, 0.29) is 11.9 Å². The molecule has 4 rings (SSSR count). The highest BCUT2D eigenvalue weighted by molar-refractivity contribution is 7.13. The van der Waals surface area contributed by atoms with Gasteiger partial charge in [-0.15, -0.1) is 11.3 Å². The van der Waals surface area contributed by atoms with E-state index in [2.05, 4.69) is 45.6 Å². The summed E-state index contributed by atoms with van der Waals surface area (Å²) < 4.78 is 0. The Bertz CT molecular complexity index is 1030. The van der Waals surface area contributed by atoms with Gasteiger partial charge in [0, 0.05) is 49.4 Å². The first-order chi connectivity index (χ1) is 15.0. The second-order valence-corrected chi connectivity index (χ2v) is 9.16. The van der Waals surface area contributed by atoms with Crippen LogP contribution in [0.4, 0.5) is 5.69 Å². The van der Waals surface area contributed by atoms with Crippen molar-refractivity contribution in [1.29, 1.82) is 0 Å². The molecule has 1 atom stereocenters. The lowest BCUT2D eigenvalue weighted by Crippen LogP contribution is -2.52. The quantitative estimate of drug-likeness (QED) is 0.617. The molecular weight excluding hydrogens is 404 g/mol. The van der Waals surface area contributed by atoms with Crippen molar-refractivity contribution in [2.24, 2.45) is 0 Å². The SMILES string of the molecule is Cc1ccc(NC(=O)[C@@H](C)N2CCN(Cc3csc(-c4ccccc4)n3)CC2)c(C)c1. The lowest BCUT2D eigenvalue weighted by atomic mass is 10.1. The van der Waals surface area contributed by atoms with E-state index >= 15 is 0 Å². The van der Waals surface area contributed by atoms with Gasteiger partial charge in [0.25, 0.3) is 0 Å². The number of nitrogens with one attached hydrogen (secondary N) is 1. The highest BCUT2D eigenvalue weighted by atomic mass is 32.1. The van der Waals surface area contributed by atoms with E-state index in [9.17, 15) is 4.79 Å². The van der Waals surface area contributed by atoms with Crippen LogP contribution >= 0.6 is 11.3 Å². The second-order valence-electron chi connectivity index (χ2n) is 8.31. The number of anilines is 1. The number of piperazine rings is 1. The van der Waals surface area contributed by atoms with Gasteiger partial charge in [-0.25, -0.2) is 4.98 Å². The van der Waals surface area contributed by atoms with Crippen molar-refractivity contribution >= 4 is 22.9 Å². The number of nitrogens with zero attached hydrogens (tertiary/aromatic N) is 3. The van der Waals surface area contributed by atoms with Crippen molar-refractivity contribution in [3.63, 3.8) is 0 Å². The molecule has 1 aliphatic rings. The number of amides is 1. The Balaban J connectivity index is 1.28. The van der Waals surface area contributed by atoms with Crippen LogP contribution in [0.1, 0.15) is 23.7 Å². The van der Waals surface area contributed by atoms with E-state index in [1.807, 2.05) is 44.2 Å². The third-order valence-electron chi connectivity index (χ3n) is 5.93. The van der Waals surface area contributed by atoms with Crippen LogP contribution in [0.5, 0.6) is 0 Å². The van der Waals surface area contributed by atoms with Crippen LogP contribution in [0.3, 0.4) is 0 Å². The first-order valence-corrected chi connectivity index (χ1v) is 11.7. The summed E-state index contributed by atoms with van der Waals surface area (Å²) >= 11 is 1.70. The van der Waals surface area contributed by atoms with Gasteiger partial charge in [0.05, 0.1) is 11.7 Å². The maximum absolute atomic E-state index is 12.8. The number of hydrogen-bond donors (Lipinski definition) is 1. The minimum Gasteiger partial charge on any atom is -0.324 e. The van der Waals surface area contributed by atoms with Gasteiger partial charge in [-0.05, 0) is 32.4 Å². The summed E-state index contributed by atoms with van der Waals surface area (Å²) in [7, 11) is 0. The molecule has 2 aromatic carbocycles. The van der Waals surface area contributed by atoms with Crippen molar-refractivity contribution in [1.82, 2.24) is 14.8 Å². The number of thiazole rings is 1. The molecule has 0 spiro atoms. The number of aromatic nitrogens is 1. The molecular formula is C25H30N4OS. The molecule has 1 amide bonds. The lowest BCUT2D eigenvalue weighted by molar-refractivity contribution is -0.121. The molecule has 162 valence electrons. The summed E-state index contributed by atoms with van der Waals surface area (Å²) in [5.41, 5.74) is 5.50. The van der Waals surface area contributed by atoms with Crippen LogP contribution in [0.25, 0.3) is 10.6 Å². The van der Waals surface area contributed by atoms with Crippen LogP contribution in [0.2, 0.25) is 0 Å². The van der Waals surface area contributed by atoms with Crippen molar-refractivity contribution in [3.8, 4) is 10.6 Å². The van der Waals surface area contributed by atoms with Crippen LogP contribution in [0, 0.1) is 13.8 Å². The van der Waals surface area contributed by atoms with E-state index in [1.54, 1.807) is 11.3 Å². The highest BCUT2D eigenvalue weighted by Gasteiger charge is 2.26. The van der Waals surface area contributed by atoms with Gasteiger partial charge in [-0.1, -0.05) is 48.0 Å². The minimum absolute atomic E-state index is 0.0624. The maximum atomic E-state index is 12.8. The molecule has 0 radical (unpaired) electrons. The van der Waals surface area contributed by atoms with Gasteiger partial charge in [0.1, 0.15) is 5.01 Å². The monoisotopic (exact) mass is 434 g/mol. The molecule has 3 aromatic rings. The zero-order chi connectivity index (χ0) is 21.8. The largest absolute Gasteiger partial charge is 0.324 e. The predicted molar refractivity (Wildman–Crippen MR) is 128 cm³/mol. The van der Waals surface area contributed by atoms with Crippen LogP contribution in [-0.4, -0.2) is 52.9 Å². The molecule has 6 heteroatoms. The molecule has 0 saturated carbocycles. The summed E-state index contributed by atoms with van der Waals surface area (Å²) in [5, 5.41) is 6.34. The first-order valence-electron chi connectivity index (χ1n) is 10.8. The third-order valence-corrected chi connectivity index (χ3v) is 6.87. The van der Waals surface area contributed by atoms with Gasteiger partial charge in [0.2, 0.25) is 5.91 Å². The molecule has 1 aromatic heterocycles. The van der Waals surface area contributed by atoms with Crippen LogP contribution < -0.4 is 5.32 Å². The summed E-state index contributed by atoms with van der Waals surface area (Å²) in [6.45, 7) is 10.6. The molecule has 0 aliphatic carbocycles. The fourth-order valence-electron chi connectivity index (χ4n) is 3.99. The normalized spacial score (nSPS) is 16.2. The topological polar surface area (TPSA) is 48.5 Å². The minimum atomic E-state index is -0.146. The zero-order valence-corrected chi connectivity index (χ0v) is 19.3. The molecule has 1 N–H and O–H groups in total. The van der Waals surface area contributed by atoms with Gasteiger partial charge in [-0.2, -0.15) is 0 Å². The van der Waals surface area contributed by atoms with Gasteiger partial charge in [0.15, 0.2) is 0 Å². The fourth-order valence-corrected chi connectivity index (χ4v) is 4.80. The van der Waals surface area contributed by atoms with E-state index in [0.717, 1.165) is 54.7 Å². The Morgan fingerprint density at radius 2 is 1.84 bits per heavy atom. The number of rotatable bonds is 6. The van der Waals surface area contributed by atoms with Crippen molar-refractivity contribution in [2.45, 2.75) is 33.4 Å². The van der Waals surface area contributed by atoms with E-state index in [4.69, 9.17) is 4.98 Å². The molecule has 1 aliphatic heterocycles. The number of hydrogen-bond acceptors (Lipinski definition) is 5. The molecule has 0 bridgehead atoms. The summed E-state index contributed by atoms with van der Waals surface area (Å²) in [5.74, 6) is 0.0624. The zero-order valence-electron chi connectivity index (χ0n) is 18.5. The average Bonchev–Trinajstić information content (AvgIpc) is 3.25. The Labute approximate surface area is 188 Å². The number of carbonyl (C=O) groups is 1. The van der Waals surface area contributed by atoms with Gasteiger partial charge < -0.3 is 5.32 Å². The van der Waals surface area contributed by atoms with E-state index in [0.29, 0.717) is 0 Å². The van der Waals surface area contributed by atoms with Crippen molar-refractivity contribution in [3.05, 3.63) is 70.7 Å². The average molecular weight is 435 g/mol. The third kappa shape index (κ3) is 5.39. The fraction of sp³-hybridized carbons (Fsp3) is 0.360. The van der Waals surface area contributed by atoms with Crippen molar-refractivity contribution in [2.75, 3.05) is 31.5 Å². The smallest absolute Gasteiger partial charge is 0.241 e. The predicted octanol–water partition coefficient (Wildman–Crippen LogP) is 4.57. The second kappa shape index (κ2) is 9.73. The van der Waals surface area contributed by atoms with Crippen molar-refractivity contribution < 1.29 is 4.79 Å². The Hall–Kier alpha value is -2.54. The van der Waals surface area contributed by atoms with Gasteiger partial charge in [-0.3, -0.25) is 14.6 Å². The maximum Gasteiger partial charge on any atom is 0.241 e. The Morgan fingerprint density at radius 1 is 1.10 bits per heavy atom. The lowest BCUT2D eigenvalue weighted by Gasteiger charge is -2.37. The van der Waals surface area contributed by atoms with Gasteiger partial charge >= 0.3 is 0 Å². The molecule has 1 saturated heterocycles. The summed E-state index contributed by atoms with van der Waals surface area (Å²) in [6, 6.07) is 16.3. The summed E-state index contributed by atoms with van der Waals surface area (Å²) in [4.78, 5) is 22.3. The van der Waals surface area contributed by atoms with E-state index in [1.165, 1.54) is 11.1 Å². The highest BCUT2D eigenvalue weighted by Crippen LogP contribution is 2.24. The number of aryl methyl sites for hydroxylation is 2. The summed E-state index contributed by atoms with van der Waals surface area (Å²) in [6.07, 6.45) is 0. The van der Waals surface area contributed by atoms with Crippen LogP contribution in [0.15, 0.2) is 53.9 Å². The molecule has 2 heterocycles. The Kier molecular flexibility index (Phi) is 6.80. The molecule has 0 unspecified atom stereocenters. The first kappa shape index (κ1) is 21.7. The Morgan fingerprint density at radius 3 is 2.55 bits per heavy atom. The van der Waals surface area contributed by atoms with Crippen LogP contribution in [-0.2, 0) is 11.3 Å². The number of benzene rings is 2. The standard InChI is InChI=1S/C25H30N4OS/c1-18-9-10-23(19(2)15-18)27-24(30)20(3)29-13-11-28(12-14-29)16-22-17-31-25(26-22)21-7-5-4-6-8-21/h4-10,15,17,20H,11-14,16H2,1-3H3,(H,27,30)/t20-/m1/s1. The molecule has 31 heavy (non-hydrogen) atoms. The molecule has 5 nitrogen and oxygen atoms in total. The molecule has 1 fully saturated rings.